The molecule has 7 heavy (non-hydrogen) atoms. The van der Waals surface area contributed by atoms with Gasteiger partial charge < -0.3 is 5.11 Å². The number of thiol groups is 2. The molecule has 2 radical (unpaired) electrons. The van der Waals surface area contributed by atoms with Gasteiger partial charge in [-0.2, -0.15) is 5.82 Å². The molecule has 0 aliphatic rings. The van der Waals surface area contributed by atoms with E-state index in [2.05, 4.69) is 31.2 Å². The van der Waals surface area contributed by atoms with E-state index in [1.54, 1.807) is 0 Å². The van der Waals surface area contributed by atoms with E-state index in [0.717, 1.165) is 0 Å². The van der Waals surface area contributed by atoms with Crippen LogP contribution >= 0.6 is 25.3 Å². The molecule has 0 bridgehead atoms. The average molecular weight is 130 g/mol. The first-order valence-electron chi connectivity index (χ1n) is 1.46. The zero-order chi connectivity index (χ0) is 5.91. The van der Waals surface area contributed by atoms with E-state index in [9.17, 15) is 0 Å². The van der Waals surface area contributed by atoms with Crippen LogP contribution in [0.3, 0.4) is 0 Å². The Morgan fingerprint density at radius 1 is 1.57 bits per heavy atom. The highest BCUT2D eigenvalue weighted by atomic mass is 32.2. The average Bonchev–Trinajstić information content (AvgIpc) is 1.30. The Bertz CT molecular complexity index is 106. The summed E-state index contributed by atoms with van der Waals surface area (Å²) in [5.74, 6) is 4.05. The Morgan fingerprint density at radius 3 is 2.00 bits per heavy atom. The van der Waals surface area contributed by atoms with Crippen LogP contribution in [0.1, 0.15) is 0 Å². The van der Waals surface area contributed by atoms with Gasteiger partial charge in [-0.1, -0.05) is 5.92 Å². The summed E-state index contributed by atoms with van der Waals surface area (Å²) in [6.07, 6.45) is 0. The van der Waals surface area contributed by atoms with E-state index in [-0.39, 0.29) is 0 Å². The predicted octanol–water partition coefficient (Wildman–Crippen LogP) is -0.379. The van der Waals surface area contributed by atoms with Crippen LogP contribution in [0.2, 0.25) is 0 Å². The van der Waals surface area contributed by atoms with Crippen LogP contribution in [0.5, 0.6) is 0 Å². The van der Waals surface area contributed by atoms with Gasteiger partial charge in [-0.3, -0.25) is 0 Å². The van der Waals surface area contributed by atoms with E-state index in [1.807, 2.05) is 5.82 Å². The van der Waals surface area contributed by atoms with Crippen molar-refractivity contribution in [1.29, 1.82) is 0 Å². The molecule has 0 fully saturated rings. The fourth-order valence-electron chi connectivity index (χ4n) is 0.0968. The Morgan fingerprint density at radius 2 is 2.00 bits per heavy atom. The standard InChI is InChI=1S/C3H3BOS2/c4-2-1-3(5,6)7/h5-7H. The molecule has 0 saturated carbocycles. The summed E-state index contributed by atoms with van der Waals surface area (Å²) in [4.78, 5) is 0. The molecule has 0 unspecified atom stereocenters. The maximum absolute atomic E-state index is 8.49. The van der Waals surface area contributed by atoms with Crippen molar-refractivity contribution in [3.63, 3.8) is 0 Å². The molecule has 0 saturated heterocycles. The van der Waals surface area contributed by atoms with Crippen molar-refractivity contribution in [1.82, 2.24) is 0 Å². The molecule has 0 amide bonds. The summed E-state index contributed by atoms with van der Waals surface area (Å²) >= 11 is 7.00. The van der Waals surface area contributed by atoms with Gasteiger partial charge in [-0.25, -0.2) is 0 Å². The molecular formula is C3H3BOS2. The highest BCUT2D eigenvalue weighted by Crippen LogP contribution is 2.11. The second-order valence-electron chi connectivity index (χ2n) is 0.905. The fraction of sp³-hybridized carbons (Fsp3) is 0.333. The van der Waals surface area contributed by atoms with E-state index in [4.69, 9.17) is 13.0 Å². The van der Waals surface area contributed by atoms with Crippen LogP contribution in [-0.4, -0.2) is 17.2 Å². The summed E-state index contributed by atoms with van der Waals surface area (Å²) in [5, 5.41) is 8.49. The largest absolute Gasteiger partial charge is 0.361 e. The van der Waals surface area contributed by atoms with Crippen LogP contribution in [0.25, 0.3) is 0 Å². The lowest BCUT2D eigenvalue weighted by molar-refractivity contribution is 0.292. The van der Waals surface area contributed by atoms with Gasteiger partial charge in [0.15, 0.2) is 7.85 Å². The van der Waals surface area contributed by atoms with Crippen molar-refractivity contribution >= 4 is 33.1 Å². The second-order valence-corrected chi connectivity index (χ2v) is 2.55. The van der Waals surface area contributed by atoms with E-state index >= 15 is 0 Å². The Labute approximate surface area is 54.7 Å². The van der Waals surface area contributed by atoms with Gasteiger partial charge in [-0.05, 0) is 0 Å². The number of rotatable bonds is 0. The maximum atomic E-state index is 8.49. The summed E-state index contributed by atoms with van der Waals surface area (Å²) in [7, 11) is 4.70. The highest BCUT2D eigenvalue weighted by Gasteiger charge is 2.06. The quantitative estimate of drug-likeness (QED) is 0.177. The van der Waals surface area contributed by atoms with Gasteiger partial charge in [0, 0.05) is 0 Å². The molecule has 0 aliphatic heterocycles. The first-order valence-corrected chi connectivity index (χ1v) is 2.35. The van der Waals surface area contributed by atoms with Gasteiger partial charge in [0.25, 0.3) is 0 Å². The number of hydrogen-bond donors (Lipinski definition) is 3. The normalized spacial score (nSPS) is 9.57. The fourth-order valence-corrected chi connectivity index (χ4v) is 0.226. The molecule has 0 rings (SSSR count). The monoisotopic (exact) mass is 130 g/mol. The third kappa shape index (κ3) is 6.28. The van der Waals surface area contributed by atoms with Crippen LogP contribution in [0, 0.1) is 11.7 Å². The minimum Gasteiger partial charge on any atom is -0.361 e. The lowest BCUT2D eigenvalue weighted by Crippen LogP contribution is -2.06. The van der Waals surface area contributed by atoms with Crippen molar-refractivity contribution in [2.45, 2.75) is 4.27 Å². The molecule has 0 atom stereocenters. The van der Waals surface area contributed by atoms with Crippen LogP contribution in [0.4, 0.5) is 0 Å². The number of aliphatic hydroxyl groups is 1. The lowest BCUT2D eigenvalue weighted by Gasteiger charge is -2.02. The summed E-state index contributed by atoms with van der Waals surface area (Å²) in [5.41, 5.74) is 0. The molecule has 0 aromatic heterocycles. The van der Waals surface area contributed by atoms with Crippen molar-refractivity contribution in [3.8, 4) is 11.7 Å². The van der Waals surface area contributed by atoms with Crippen LogP contribution < -0.4 is 0 Å². The molecule has 4 heteroatoms. The minimum absolute atomic E-state index is 1.55. The van der Waals surface area contributed by atoms with E-state index < -0.39 is 4.27 Å². The predicted molar refractivity (Wildman–Crippen MR) is 36.5 cm³/mol. The van der Waals surface area contributed by atoms with Crippen molar-refractivity contribution < 1.29 is 5.11 Å². The molecule has 1 N–H and O–H groups in total. The van der Waals surface area contributed by atoms with Crippen LogP contribution in [-0.2, 0) is 0 Å². The summed E-state index contributed by atoms with van der Waals surface area (Å²) in [6.45, 7) is 0. The van der Waals surface area contributed by atoms with Crippen molar-refractivity contribution in [3.05, 3.63) is 0 Å². The second kappa shape index (κ2) is 2.56. The zero-order valence-corrected chi connectivity index (χ0v) is 5.21. The smallest absolute Gasteiger partial charge is 0.214 e. The first-order chi connectivity index (χ1) is 3.06. The molecular weight excluding hydrogens is 127 g/mol. The van der Waals surface area contributed by atoms with Gasteiger partial charge >= 0.3 is 0 Å². The highest BCUT2D eigenvalue weighted by molar-refractivity contribution is 8.00. The number of hydrogen-bond acceptors (Lipinski definition) is 3. The lowest BCUT2D eigenvalue weighted by atomic mass is 10.2. The Balaban J connectivity index is 3.72. The molecule has 1 nitrogen and oxygen atoms in total. The van der Waals surface area contributed by atoms with Gasteiger partial charge in [-0.15, -0.1) is 25.3 Å². The van der Waals surface area contributed by atoms with Gasteiger partial charge in [0.05, 0.1) is 0 Å². The molecule has 0 aliphatic carbocycles. The minimum atomic E-state index is -1.55. The molecule has 0 aromatic rings. The summed E-state index contributed by atoms with van der Waals surface area (Å²) in [6, 6.07) is 0. The van der Waals surface area contributed by atoms with E-state index in [0.29, 0.717) is 0 Å². The zero-order valence-electron chi connectivity index (χ0n) is 3.42. The molecule has 36 valence electrons. The molecule has 0 heterocycles. The van der Waals surface area contributed by atoms with Crippen molar-refractivity contribution in [2.75, 3.05) is 0 Å². The third-order valence-electron chi connectivity index (χ3n) is 0.240. The van der Waals surface area contributed by atoms with Crippen LogP contribution in [0.15, 0.2) is 0 Å². The molecule has 0 spiro atoms. The first kappa shape index (κ1) is 7.28. The third-order valence-corrected chi connectivity index (χ3v) is 0.463. The van der Waals surface area contributed by atoms with Gasteiger partial charge in [0.1, 0.15) is 0 Å². The topological polar surface area (TPSA) is 20.2 Å². The molecule has 0 aromatic carbocycles. The maximum Gasteiger partial charge on any atom is 0.214 e. The van der Waals surface area contributed by atoms with Gasteiger partial charge in [0.2, 0.25) is 4.27 Å². The SMILES string of the molecule is [B]C#CC(O)(S)S. The summed E-state index contributed by atoms with van der Waals surface area (Å²) < 4.78 is -1.55. The Hall–Kier alpha value is 0.285. The van der Waals surface area contributed by atoms with E-state index in [1.165, 1.54) is 0 Å². The van der Waals surface area contributed by atoms with Crippen molar-refractivity contribution in [2.24, 2.45) is 0 Å². The Kier molecular flexibility index (Phi) is 2.66.